The Kier molecular flexibility index (Phi) is 6.61. The summed E-state index contributed by atoms with van der Waals surface area (Å²) in [5.74, 6) is 2.63. The third-order valence-corrected chi connectivity index (χ3v) is 6.57. The van der Waals surface area contributed by atoms with Crippen LogP contribution in [-0.4, -0.2) is 45.0 Å². The second kappa shape index (κ2) is 9.56. The third-order valence-electron chi connectivity index (χ3n) is 5.65. The first-order valence-corrected chi connectivity index (χ1v) is 11.6. The molecular formula is C24H28N4O2S. The van der Waals surface area contributed by atoms with E-state index in [1.807, 2.05) is 58.9 Å². The molecule has 7 heteroatoms. The van der Waals surface area contributed by atoms with Crippen LogP contribution in [0.4, 0.5) is 0 Å². The summed E-state index contributed by atoms with van der Waals surface area (Å²) in [6.07, 6.45) is 2.42. The number of methoxy groups -OCH3 is 1. The first-order chi connectivity index (χ1) is 15.1. The van der Waals surface area contributed by atoms with Crippen LogP contribution in [-0.2, 0) is 4.79 Å². The highest BCUT2D eigenvalue weighted by molar-refractivity contribution is 7.99. The lowest BCUT2D eigenvalue weighted by atomic mass is 10.1. The normalized spacial score (nSPS) is 14.3. The summed E-state index contributed by atoms with van der Waals surface area (Å²) in [6, 6.07) is 18.1. The van der Waals surface area contributed by atoms with Gasteiger partial charge in [-0.3, -0.25) is 9.36 Å². The average Bonchev–Trinajstić information content (AvgIpc) is 3.56. The highest BCUT2D eigenvalue weighted by atomic mass is 32.2. The Bertz CT molecular complexity index is 1030. The fourth-order valence-corrected chi connectivity index (χ4v) is 4.54. The van der Waals surface area contributed by atoms with Gasteiger partial charge < -0.3 is 9.64 Å². The van der Waals surface area contributed by atoms with Gasteiger partial charge in [0.05, 0.1) is 24.6 Å². The molecule has 4 rings (SSSR count). The minimum Gasteiger partial charge on any atom is -0.497 e. The van der Waals surface area contributed by atoms with Crippen molar-refractivity contribution in [2.75, 3.05) is 19.4 Å². The van der Waals surface area contributed by atoms with Crippen LogP contribution < -0.4 is 4.74 Å². The van der Waals surface area contributed by atoms with E-state index in [0.29, 0.717) is 16.8 Å². The number of hydrogen-bond donors (Lipinski definition) is 0. The van der Waals surface area contributed by atoms with Crippen molar-refractivity contribution in [2.24, 2.45) is 5.92 Å². The van der Waals surface area contributed by atoms with E-state index in [1.165, 1.54) is 24.6 Å². The Morgan fingerprint density at radius 2 is 1.97 bits per heavy atom. The van der Waals surface area contributed by atoms with Crippen molar-refractivity contribution in [3.63, 3.8) is 0 Å². The molecule has 1 aliphatic rings. The molecular weight excluding hydrogens is 408 g/mol. The van der Waals surface area contributed by atoms with E-state index in [2.05, 4.69) is 29.3 Å². The molecule has 1 aliphatic carbocycles. The number of benzene rings is 2. The molecule has 1 unspecified atom stereocenters. The Labute approximate surface area is 187 Å². The number of ether oxygens (including phenoxy) is 1. The van der Waals surface area contributed by atoms with Crippen LogP contribution in [0, 0.1) is 12.8 Å². The number of carbonyl (C=O) groups excluding carboxylic acids is 1. The number of amides is 1. The van der Waals surface area contributed by atoms with Crippen LogP contribution in [0.15, 0.2) is 59.8 Å². The minimum absolute atomic E-state index is 0.0490. The smallest absolute Gasteiger partial charge is 0.233 e. The van der Waals surface area contributed by atoms with E-state index in [1.54, 1.807) is 7.11 Å². The zero-order chi connectivity index (χ0) is 21.8. The van der Waals surface area contributed by atoms with Crippen molar-refractivity contribution in [3.8, 4) is 11.4 Å². The van der Waals surface area contributed by atoms with E-state index < -0.39 is 0 Å². The molecule has 0 spiro atoms. The summed E-state index contributed by atoms with van der Waals surface area (Å²) in [7, 11) is 1.65. The van der Waals surface area contributed by atoms with Gasteiger partial charge in [-0.05, 0) is 50.3 Å². The number of hydrogen-bond acceptors (Lipinski definition) is 5. The van der Waals surface area contributed by atoms with Gasteiger partial charge in [0.2, 0.25) is 5.91 Å². The minimum atomic E-state index is 0.0490. The molecule has 6 nitrogen and oxygen atoms in total. The van der Waals surface area contributed by atoms with Crippen LogP contribution in [0.25, 0.3) is 5.69 Å². The Morgan fingerprint density at radius 1 is 1.19 bits per heavy atom. The van der Waals surface area contributed by atoms with Crippen LogP contribution in [0.2, 0.25) is 0 Å². The standard InChI is InChI=1S/C24H28N4O2S/c1-17(20-8-5-4-6-9-20)27(15-19-12-13-19)23(29)16-31-24-26-25-18(2)28(24)21-10-7-11-22(14-21)30-3/h4-11,14,17,19H,12-13,15-16H2,1-3H3. The molecule has 0 aliphatic heterocycles. The zero-order valence-electron chi connectivity index (χ0n) is 18.2. The largest absolute Gasteiger partial charge is 0.497 e. The van der Waals surface area contributed by atoms with Crippen molar-refractivity contribution < 1.29 is 9.53 Å². The van der Waals surface area contributed by atoms with Crippen molar-refractivity contribution in [1.29, 1.82) is 0 Å². The molecule has 162 valence electrons. The molecule has 0 saturated heterocycles. The van der Waals surface area contributed by atoms with Gasteiger partial charge in [0, 0.05) is 12.6 Å². The fourth-order valence-electron chi connectivity index (χ4n) is 3.66. The maximum atomic E-state index is 13.3. The second-order valence-corrected chi connectivity index (χ2v) is 8.87. The van der Waals surface area contributed by atoms with Gasteiger partial charge in [0.1, 0.15) is 11.6 Å². The topological polar surface area (TPSA) is 60.2 Å². The van der Waals surface area contributed by atoms with E-state index in [-0.39, 0.29) is 11.9 Å². The van der Waals surface area contributed by atoms with E-state index in [4.69, 9.17) is 4.74 Å². The number of carbonyl (C=O) groups is 1. The Morgan fingerprint density at radius 3 is 2.68 bits per heavy atom. The number of aromatic nitrogens is 3. The molecule has 0 N–H and O–H groups in total. The third kappa shape index (κ3) is 5.10. The van der Waals surface area contributed by atoms with Gasteiger partial charge in [-0.15, -0.1) is 10.2 Å². The first-order valence-electron chi connectivity index (χ1n) is 10.6. The highest BCUT2D eigenvalue weighted by Gasteiger charge is 2.30. The van der Waals surface area contributed by atoms with Crippen LogP contribution >= 0.6 is 11.8 Å². The number of nitrogens with zero attached hydrogens (tertiary/aromatic N) is 4. The molecule has 1 heterocycles. The van der Waals surface area contributed by atoms with Gasteiger partial charge in [-0.1, -0.05) is 48.2 Å². The number of rotatable bonds is 9. The number of aryl methyl sites for hydroxylation is 1. The fraction of sp³-hybridized carbons (Fsp3) is 0.375. The summed E-state index contributed by atoms with van der Waals surface area (Å²) in [5, 5.41) is 9.26. The molecule has 31 heavy (non-hydrogen) atoms. The molecule has 1 saturated carbocycles. The molecule has 3 aromatic rings. The lowest BCUT2D eigenvalue weighted by Crippen LogP contribution is -2.36. The predicted molar refractivity (Wildman–Crippen MR) is 123 cm³/mol. The van der Waals surface area contributed by atoms with Crippen LogP contribution in [0.5, 0.6) is 5.75 Å². The SMILES string of the molecule is COc1cccc(-n2c(C)nnc2SCC(=O)N(CC2CC2)C(C)c2ccccc2)c1. The summed E-state index contributed by atoms with van der Waals surface area (Å²) >= 11 is 1.43. The van der Waals surface area contributed by atoms with Gasteiger partial charge in [-0.2, -0.15) is 0 Å². The monoisotopic (exact) mass is 436 g/mol. The predicted octanol–water partition coefficient (Wildman–Crippen LogP) is 4.68. The zero-order valence-corrected chi connectivity index (χ0v) is 19.0. The molecule has 1 atom stereocenters. The maximum absolute atomic E-state index is 13.3. The summed E-state index contributed by atoms with van der Waals surface area (Å²) < 4.78 is 7.32. The van der Waals surface area contributed by atoms with Crippen molar-refractivity contribution in [3.05, 3.63) is 66.0 Å². The molecule has 1 fully saturated rings. The van der Waals surface area contributed by atoms with E-state index >= 15 is 0 Å². The maximum Gasteiger partial charge on any atom is 0.233 e. The summed E-state index contributed by atoms with van der Waals surface area (Å²) in [4.78, 5) is 15.3. The van der Waals surface area contributed by atoms with Crippen molar-refractivity contribution in [1.82, 2.24) is 19.7 Å². The Hall–Kier alpha value is -2.80. The lowest BCUT2D eigenvalue weighted by Gasteiger charge is -2.30. The highest BCUT2D eigenvalue weighted by Crippen LogP contribution is 2.33. The van der Waals surface area contributed by atoms with E-state index in [0.717, 1.165) is 29.4 Å². The number of thioether (sulfide) groups is 1. The van der Waals surface area contributed by atoms with Gasteiger partial charge in [0.15, 0.2) is 5.16 Å². The van der Waals surface area contributed by atoms with Crippen molar-refractivity contribution in [2.45, 2.75) is 37.9 Å². The average molecular weight is 437 g/mol. The molecule has 0 bridgehead atoms. The van der Waals surface area contributed by atoms with E-state index in [9.17, 15) is 4.79 Å². The second-order valence-electron chi connectivity index (χ2n) is 7.93. The van der Waals surface area contributed by atoms with Gasteiger partial charge in [0.25, 0.3) is 0 Å². The van der Waals surface area contributed by atoms with Crippen LogP contribution in [0.1, 0.15) is 37.2 Å². The Balaban J connectivity index is 1.50. The lowest BCUT2D eigenvalue weighted by molar-refractivity contribution is -0.130. The van der Waals surface area contributed by atoms with Crippen LogP contribution in [0.3, 0.4) is 0 Å². The summed E-state index contributed by atoms with van der Waals surface area (Å²) in [6.45, 7) is 4.84. The van der Waals surface area contributed by atoms with Gasteiger partial charge in [-0.25, -0.2) is 0 Å². The molecule has 1 amide bonds. The molecule has 0 radical (unpaired) electrons. The quantitative estimate of drug-likeness (QED) is 0.456. The molecule has 1 aromatic heterocycles. The van der Waals surface area contributed by atoms with Gasteiger partial charge >= 0.3 is 0 Å². The first kappa shape index (κ1) is 21.4. The summed E-state index contributed by atoms with van der Waals surface area (Å²) in [5.41, 5.74) is 2.08. The van der Waals surface area contributed by atoms with Crippen molar-refractivity contribution >= 4 is 17.7 Å². The molecule has 2 aromatic carbocycles.